The second-order valence-corrected chi connectivity index (χ2v) is 6.01. The number of anilines is 1. The molecule has 1 amide bonds. The van der Waals surface area contributed by atoms with Crippen molar-refractivity contribution in [2.24, 2.45) is 0 Å². The second-order valence-electron chi connectivity index (χ2n) is 5.16. The van der Waals surface area contributed by atoms with Crippen LogP contribution in [0.1, 0.15) is 46.0 Å². The largest absolute Gasteiger partial charge is 0.324 e. The van der Waals surface area contributed by atoms with Crippen molar-refractivity contribution in [2.75, 3.05) is 11.9 Å². The minimum absolute atomic E-state index is 0.00249. The Kier molecular flexibility index (Phi) is 8.54. The maximum absolute atomic E-state index is 11.9. The molecule has 0 aliphatic carbocycles. The number of hydrogen-bond donors (Lipinski definition) is 2. The monoisotopic (exact) mass is 340 g/mol. The van der Waals surface area contributed by atoms with Gasteiger partial charge in [-0.05, 0) is 41.4 Å². The first-order valence-corrected chi connectivity index (χ1v) is 8.20. The second kappa shape index (κ2) is 9.94. The van der Waals surface area contributed by atoms with E-state index in [0.717, 1.165) is 16.6 Å². The minimum Gasteiger partial charge on any atom is -0.324 e. The van der Waals surface area contributed by atoms with Crippen molar-refractivity contribution in [3.63, 3.8) is 0 Å². The summed E-state index contributed by atoms with van der Waals surface area (Å²) < 4.78 is 0.904. The van der Waals surface area contributed by atoms with Gasteiger partial charge in [-0.1, -0.05) is 44.7 Å². The standard InChI is InChI=1S/C16H25BrN2O/c1-3-4-5-6-9-13(2)18-12-16(20)19-15-11-8-7-10-14(15)17/h7-8,10-11,13,18H,3-6,9,12H2,1-2H3,(H,19,20). The van der Waals surface area contributed by atoms with E-state index < -0.39 is 0 Å². The molecule has 1 aromatic carbocycles. The molecule has 1 aromatic rings. The Morgan fingerprint density at radius 2 is 2.00 bits per heavy atom. The normalized spacial score (nSPS) is 12.2. The van der Waals surface area contributed by atoms with Gasteiger partial charge >= 0.3 is 0 Å². The topological polar surface area (TPSA) is 41.1 Å². The highest BCUT2D eigenvalue weighted by Crippen LogP contribution is 2.20. The van der Waals surface area contributed by atoms with E-state index in [1.54, 1.807) is 0 Å². The van der Waals surface area contributed by atoms with Crippen molar-refractivity contribution in [1.82, 2.24) is 5.32 Å². The number of carbonyl (C=O) groups is 1. The molecule has 0 aliphatic rings. The van der Waals surface area contributed by atoms with E-state index in [9.17, 15) is 4.79 Å². The van der Waals surface area contributed by atoms with Gasteiger partial charge in [-0.2, -0.15) is 0 Å². The fourth-order valence-corrected chi connectivity index (χ4v) is 2.39. The van der Waals surface area contributed by atoms with Gasteiger partial charge in [-0.3, -0.25) is 4.79 Å². The van der Waals surface area contributed by atoms with Gasteiger partial charge in [-0.25, -0.2) is 0 Å². The lowest BCUT2D eigenvalue weighted by molar-refractivity contribution is -0.115. The summed E-state index contributed by atoms with van der Waals surface area (Å²) in [5.74, 6) is -0.00249. The van der Waals surface area contributed by atoms with Crippen LogP contribution in [0.2, 0.25) is 0 Å². The van der Waals surface area contributed by atoms with Crippen LogP contribution in [0, 0.1) is 0 Å². The Bertz CT molecular complexity index is 409. The SMILES string of the molecule is CCCCCCC(C)NCC(=O)Nc1ccccc1Br. The molecular weight excluding hydrogens is 316 g/mol. The molecule has 0 aliphatic heterocycles. The maximum atomic E-state index is 11.9. The van der Waals surface area contributed by atoms with Crippen LogP contribution < -0.4 is 10.6 Å². The van der Waals surface area contributed by atoms with Crippen LogP contribution in [0.25, 0.3) is 0 Å². The molecule has 4 heteroatoms. The molecule has 0 fully saturated rings. The predicted octanol–water partition coefficient (Wildman–Crippen LogP) is 4.34. The molecule has 2 N–H and O–H groups in total. The molecule has 112 valence electrons. The van der Waals surface area contributed by atoms with Crippen molar-refractivity contribution >= 4 is 27.5 Å². The Balaban J connectivity index is 2.21. The van der Waals surface area contributed by atoms with Crippen LogP contribution >= 0.6 is 15.9 Å². The van der Waals surface area contributed by atoms with Crippen molar-refractivity contribution in [3.05, 3.63) is 28.7 Å². The fraction of sp³-hybridized carbons (Fsp3) is 0.562. The van der Waals surface area contributed by atoms with Crippen LogP contribution in [-0.2, 0) is 4.79 Å². The summed E-state index contributed by atoms with van der Waals surface area (Å²) >= 11 is 3.42. The molecule has 1 atom stereocenters. The van der Waals surface area contributed by atoms with Gasteiger partial charge in [0.25, 0.3) is 0 Å². The molecule has 0 radical (unpaired) electrons. The number of carbonyl (C=O) groups excluding carboxylic acids is 1. The van der Waals surface area contributed by atoms with Gasteiger partial charge in [-0.15, -0.1) is 0 Å². The van der Waals surface area contributed by atoms with Crippen LogP contribution in [0.15, 0.2) is 28.7 Å². The number of unbranched alkanes of at least 4 members (excludes halogenated alkanes) is 3. The predicted molar refractivity (Wildman–Crippen MR) is 89.0 cm³/mol. The number of benzene rings is 1. The van der Waals surface area contributed by atoms with E-state index >= 15 is 0 Å². The van der Waals surface area contributed by atoms with E-state index in [-0.39, 0.29) is 5.91 Å². The quantitative estimate of drug-likeness (QED) is 0.656. The zero-order chi connectivity index (χ0) is 14.8. The third kappa shape index (κ3) is 7.06. The molecule has 0 saturated carbocycles. The summed E-state index contributed by atoms with van der Waals surface area (Å²) in [7, 11) is 0. The number of nitrogens with one attached hydrogen (secondary N) is 2. The van der Waals surface area contributed by atoms with E-state index in [0.29, 0.717) is 12.6 Å². The van der Waals surface area contributed by atoms with Gasteiger partial charge in [0.2, 0.25) is 5.91 Å². The first kappa shape index (κ1) is 17.2. The van der Waals surface area contributed by atoms with Gasteiger partial charge < -0.3 is 10.6 Å². The van der Waals surface area contributed by atoms with E-state index in [4.69, 9.17) is 0 Å². The molecular formula is C16H25BrN2O. The average molecular weight is 341 g/mol. The molecule has 0 heterocycles. The molecule has 0 spiro atoms. The summed E-state index contributed by atoms with van der Waals surface area (Å²) in [6.07, 6.45) is 6.20. The highest BCUT2D eigenvalue weighted by molar-refractivity contribution is 9.10. The fourth-order valence-electron chi connectivity index (χ4n) is 2.00. The third-order valence-corrected chi connectivity index (χ3v) is 3.94. The summed E-state index contributed by atoms with van der Waals surface area (Å²) in [6, 6.07) is 8.02. The Morgan fingerprint density at radius 3 is 2.70 bits per heavy atom. The number of para-hydroxylation sites is 1. The summed E-state index contributed by atoms with van der Waals surface area (Å²) in [5.41, 5.74) is 0.815. The van der Waals surface area contributed by atoms with Crippen molar-refractivity contribution < 1.29 is 4.79 Å². The number of amides is 1. The van der Waals surface area contributed by atoms with Gasteiger partial charge in [0, 0.05) is 10.5 Å². The van der Waals surface area contributed by atoms with Gasteiger partial charge in [0.05, 0.1) is 12.2 Å². The Morgan fingerprint density at radius 1 is 1.25 bits per heavy atom. The van der Waals surface area contributed by atoms with E-state index in [2.05, 4.69) is 40.4 Å². The summed E-state index contributed by atoms with van der Waals surface area (Å²) in [4.78, 5) is 11.9. The van der Waals surface area contributed by atoms with Crippen LogP contribution in [0.3, 0.4) is 0 Å². The van der Waals surface area contributed by atoms with E-state index in [1.165, 1.54) is 25.7 Å². The maximum Gasteiger partial charge on any atom is 0.238 e. The average Bonchev–Trinajstić information content (AvgIpc) is 2.44. The smallest absolute Gasteiger partial charge is 0.238 e. The lowest BCUT2D eigenvalue weighted by atomic mass is 10.1. The van der Waals surface area contributed by atoms with Crippen LogP contribution in [0.4, 0.5) is 5.69 Å². The highest BCUT2D eigenvalue weighted by Gasteiger charge is 2.07. The van der Waals surface area contributed by atoms with Crippen molar-refractivity contribution in [3.8, 4) is 0 Å². The molecule has 3 nitrogen and oxygen atoms in total. The highest BCUT2D eigenvalue weighted by atomic mass is 79.9. The van der Waals surface area contributed by atoms with E-state index in [1.807, 2.05) is 24.3 Å². The van der Waals surface area contributed by atoms with Gasteiger partial charge in [0.1, 0.15) is 0 Å². The Hall–Kier alpha value is -0.870. The van der Waals surface area contributed by atoms with Gasteiger partial charge in [0.15, 0.2) is 0 Å². The summed E-state index contributed by atoms with van der Waals surface area (Å²) in [6.45, 7) is 4.71. The molecule has 1 unspecified atom stereocenters. The van der Waals surface area contributed by atoms with Crippen molar-refractivity contribution in [1.29, 1.82) is 0 Å². The number of rotatable bonds is 9. The number of halogens is 1. The first-order valence-electron chi connectivity index (χ1n) is 7.41. The molecule has 0 aromatic heterocycles. The lowest BCUT2D eigenvalue weighted by Crippen LogP contribution is -2.34. The molecule has 0 saturated heterocycles. The summed E-state index contributed by atoms with van der Waals surface area (Å²) in [5, 5.41) is 6.17. The molecule has 1 rings (SSSR count). The third-order valence-electron chi connectivity index (χ3n) is 3.25. The zero-order valence-electron chi connectivity index (χ0n) is 12.4. The van der Waals surface area contributed by atoms with Crippen molar-refractivity contribution in [2.45, 2.75) is 52.0 Å². The molecule has 20 heavy (non-hydrogen) atoms. The Labute approximate surface area is 130 Å². The molecule has 0 bridgehead atoms. The zero-order valence-corrected chi connectivity index (χ0v) is 14.0. The minimum atomic E-state index is -0.00249. The number of hydrogen-bond acceptors (Lipinski definition) is 2. The lowest BCUT2D eigenvalue weighted by Gasteiger charge is -2.14. The van der Waals surface area contributed by atoms with Crippen LogP contribution in [-0.4, -0.2) is 18.5 Å². The van der Waals surface area contributed by atoms with Crippen LogP contribution in [0.5, 0.6) is 0 Å². The first-order chi connectivity index (χ1) is 9.63.